The lowest BCUT2D eigenvalue weighted by atomic mass is 10.4. The molecule has 0 bridgehead atoms. The van der Waals surface area contributed by atoms with Crippen LogP contribution in [0.2, 0.25) is 0 Å². The van der Waals surface area contributed by atoms with Crippen LogP contribution in [0.15, 0.2) is 17.3 Å². The van der Waals surface area contributed by atoms with Crippen LogP contribution in [0.4, 0.5) is 0 Å². The predicted molar refractivity (Wildman–Crippen MR) is 48.2 cm³/mol. The van der Waals surface area contributed by atoms with Crippen molar-refractivity contribution in [3.05, 3.63) is 12.3 Å². The first kappa shape index (κ1) is 10.7. The molecule has 68 valence electrons. The zero-order valence-electron chi connectivity index (χ0n) is 7.37. The van der Waals surface area contributed by atoms with Gasteiger partial charge in [0.25, 0.3) is 0 Å². The fraction of sp³-hybridized carbons (Fsp3) is 0.500. The van der Waals surface area contributed by atoms with Crippen molar-refractivity contribution in [1.82, 2.24) is 5.32 Å². The normalized spacial score (nSPS) is 12.0. The molecule has 0 spiro atoms. The van der Waals surface area contributed by atoms with E-state index >= 15 is 0 Å². The molecule has 0 aromatic carbocycles. The van der Waals surface area contributed by atoms with Crippen LogP contribution in [-0.4, -0.2) is 23.5 Å². The minimum absolute atomic E-state index is 0.0782. The van der Waals surface area contributed by atoms with E-state index in [0.717, 1.165) is 5.84 Å². The third kappa shape index (κ3) is 6.80. The summed E-state index contributed by atoms with van der Waals surface area (Å²) in [6.45, 7) is 4.01. The Hall–Kier alpha value is -1.32. The Morgan fingerprint density at radius 2 is 2.33 bits per heavy atom. The second kappa shape index (κ2) is 6.39. The summed E-state index contributed by atoms with van der Waals surface area (Å²) in [6, 6.07) is 0. The van der Waals surface area contributed by atoms with Crippen LogP contribution in [-0.2, 0) is 4.79 Å². The van der Waals surface area contributed by atoms with Gasteiger partial charge in [0.15, 0.2) is 0 Å². The average molecular weight is 170 g/mol. The number of carboxylic acids is 1. The van der Waals surface area contributed by atoms with E-state index in [0.29, 0.717) is 6.54 Å². The minimum atomic E-state index is -0.822. The van der Waals surface area contributed by atoms with E-state index in [2.05, 4.69) is 10.3 Å². The van der Waals surface area contributed by atoms with Gasteiger partial charge in [0.2, 0.25) is 0 Å². The zero-order chi connectivity index (χ0) is 9.40. The number of aliphatic carboxylic acids is 1. The lowest BCUT2D eigenvalue weighted by molar-refractivity contribution is -0.136. The topological polar surface area (TPSA) is 61.7 Å². The first-order valence-corrected chi connectivity index (χ1v) is 3.77. The van der Waals surface area contributed by atoms with Crippen molar-refractivity contribution in [3.8, 4) is 0 Å². The highest BCUT2D eigenvalue weighted by molar-refractivity contribution is 5.80. The van der Waals surface area contributed by atoms with E-state index < -0.39 is 5.97 Å². The van der Waals surface area contributed by atoms with Gasteiger partial charge in [-0.25, -0.2) is 0 Å². The Labute approximate surface area is 72.0 Å². The first-order chi connectivity index (χ1) is 5.66. The van der Waals surface area contributed by atoms with Crippen LogP contribution < -0.4 is 5.32 Å². The molecule has 0 fully saturated rings. The maximum Gasteiger partial charge on any atom is 0.305 e. The number of nitrogens with one attached hydrogen (secondary N) is 1. The highest BCUT2D eigenvalue weighted by atomic mass is 16.4. The molecule has 4 nitrogen and oxygen atoms in total. The molecule has 0 aromatic rings. The molecule has 12 heavy (non-hydrogen) atoms. The molecule has 0 saturated carbocycles. The Bertz CT molecular complexity index is 197. The minimum Gasteiger partial charge on any atom is -0.481 e. The van der Waals surface area contributed by atoms with Crippen molar-refractivity contribution >= 4 is 11.8 Å². The van der Waals surface area contributed by atoms with Crippen LogP contribution in [0, 0.1) is 0 Å². The SMILES string of the molecule is C/C=C\NC(C)=NCCC(=O)O. The largest absolute Gasteiger partial charge is 0.481 e. The Morgan fingerprint density at radius 1 is 1.67 bits per heavy atom. The van der Waals surface area contributed by atoms with Crippen molar-refractivity contribution in [2.45, 2.75) is 20.3 Å². The maximum absolute atomic E-state index is 10.1. The fourth-order valence-corrected chi connectivity index (χ4v) is 0.569. The number of allylic oxidation sites excluding steroid dienone is 1. The highest BCUT2D eigenvalue weighted by Crippen LogP contribution is 1.82. The van der Waals surface area contributed by atoms with Gasteiger partial charge >= 0.3 is 5.97 Å². The summed E-state index contributed by atoms with van der Waals surface area (Å²) in [5.74, 6) is -0.0908. The molecule has 0 aliphatic rings. The van der Waals surface area contributed by atoms with Crippen LogP contribution >= 0.6 is 0 Å². The lowest BCUT2D eigenvalue weighted by Crippen LogP contribution is -2.13. The molecule has 0 aromatic heterocycles. The number of amidine groups is 1. The van der Waals surface area contributed by atoms with Gasteiger partial charge in [0, 0.05) is 0 Å². The summed E-state index contributed by atoms with van der Waals surface area (Å²) in [5, 5.41) is 11.2. The summed E-state index contributed by atoms with van der Waals surface area (Å²) in [7, 11) is 0. The average Bonchev–Trinajstić information content (AvgIpc) is 2.00. The smallest absolute Gasteiger partial charge is 0.305 e. The van der Waals surface area contributed by atoms with Gasteiger partial charge in [0.1, 0.15) is 0 Å². The van der Waals surface area contributed by atoms with E-state index in [1.165, 1.54) is 0 Å². The van der Waals surface area contributed by atoms with E-state index in [4.69, 9.17) is 5.11 Å². The van der Waals surface area contributed by atoms with Crippen molar-refractivity contribution in [2.75, 3.05) is 6.54 Å². The predicted octanol–water partition coefficient (Wildman–Crippen LogP) is 1.00. The van der Waals surface area contributed by atoms with Crippen LogP contribution in [0.1, 0.15) is 20.3 Å². The van der Waals surface area contributed by atoms with Crippen molar-refractivity contribution in [2.24, 2.45) is 4.99 Å². The third-order valence-electron chi connectivity index (χ3n) is 1.13. The molecule has 0 atom stereocenters. The Balaban J connectivity index is 3.61. The number of carbonyl (C=O) groups is 1. The molecule has 2 N–H and O–H groups in total. The molecule has 0 rings (SSSR count). The molecule has 0 aliphatic heterocycles. The first-order valence-electron chi connectivity index (χ1n) is 3.77. The van der Waals surface area contributed by atoms with E-state index in [1.807, 2.05) is 13.0 Å². The van der Waals surface area contributed by atoms with Gasteiger partial charge in [-0.1, -0.05) is 6.08 Å². The number of carboxylic acid groups (broad SMARTS) is 1. The second-order valence-electron chi connectivity index (χ2n) is 2.26. The number of hydrogen-bond donors (Lipinski definition) is 2. The highest BCUT2D eigenvalue weighted by Gasteiger charge is 1.93. The number of hydrogen-bond acceptors (Lipinski definition) is 2. The van der Waals surface area contributed by atoms with Gasteiger partial charge in [-0.15, -0.1) is 0 Å². The number of aliphatic imine (C=N–C) groups is 1. The van der Waals surface area contributed by atoms with Crippen molar-refractivity contribution < 1.29 is 9.90 Å². The summed E-state index contributed by atoms with van der Waals surface area (Å²) >= 11 is 0. The van der Waals surface area contributed by atoms with Gasteiger partial charge in [0.05, 0.1) is 18.8 Å². The summed E-state index contributed by atoms with van der Waals surface area (Å²) in [4.78, 5) is 14.1. The molecule has 0 aliphatic carbocycles. The molecule has 4 heteroatoms. The van der Waals surface area contributed by atoms with E-state index in [1.54, 1.807) is 13.1 Å². The summed E-state index contributed by atoms with van der Waals surface area (Å²) < 4.78 is 0. The Morgan fingerprint density at radius 3 is 2.83 bits per heavy atom. The molecule has 0 radical (unpaired) electrons. The van der Waals surface area contributed by atoms with Crippen molar-refractivity contribution in [1.29, 1.82) is 0 Å². The van der Waals surface area contributed by atoms with Crippen LogP contribution in [0.3, 0.4) is 0 Å². The zero-order valence-corrected chi connectivity index (χ0v) is 7.37. The van der Waals surface area contributed by atoms with Crippen LogP contribution in [0.25, 0.3) is 0 Å². The molecule has 0 amide bonds. The standard InChI is InChI=1S/C8H14N2O2/c1-3-5-9-7(2)10-6-4-8(11)12/h3,5H,4,6H2,1-2H3,(H,9,10)(H,11,12)/b5-3-. The molecule has 0 saturated heterocycles. The summed E-state index contributed by atoms with van der Waals surface area (Å²) in [6.07, 6.45) is 3.67. The monoisotopic (exact) mass is 170 g/mol. The molecular formula is C8H14N2O2. The van der Waals surface area contributed by atoms with Gasteiger partial charge in [-0.3, -0.25) is 9.79 Å². The fourth-order valence-electron chi connectivity index (χ4n) is 0.569. The van der Waals surface area contributed by atoms with Crippen LogP contribution in [0.5, 0.6) is 0 Å². The third-order valence-corrected chi connectivity index (χ3v) is 1.13. The maximum atomic E-state index is 10.1. The molecular weight excluding hydrogens is 156 g/mol. The van der Waals surface area contributed by atoms with E-state index in [-0.39, 0.29) is 6.42 Å². The molecule has 0 heterocycles. The van der Waals surface area contributed by atoms with Gasteiger partial charge < -0.3 is 10.4 Å². The van der Waals surface area contributed by atoms with Crippen molar-refractivity contribution in [3.63, 3.8) is 0 Å². The van der Waals surface area contributed by atoms with Gasteiger partial charge in [-0.05, 0) is 20.0 Å². The lowest BCUT2D eigenvalue weighted by Gasteiger charge is -1.97. The second-order valence-corrected chi connectivity index (χ2v) is 2.26. The molecule has 0 unspecified atom stereocenters. The number of nitrogens with zero attached hydrogens (tertiary/aromatic N) is 1. The summed E-state index contributed by atoms with van der Waals surface area (Å²) in [5.41, 5.74) is 0. The Kier molecular flexibility index (Phi) is 5.69. The van der Waals surface area contributed by atoms with Gasteiger partial charge in [-0.2, -0.15) is 0 Å². The van der Waals surface area contributed by atoms with E-state index in [9.17, 15) is 4.79 Å². The quantitative estimate of drug-likeness (QED) is 0.488. The number of rotatable bonds is 4.